The molecule has 0 fully saturated rings. The smallest absolute Gasteiger partial charge is 0.378 e. The summed E-state index contributed by atoms with van der Waals surface area (Å²) in [6.07, 6.45) is 0. The van der Waals surface area contributed by atoms with E-state index in [0.29, 0.717) is 56.8 Å². The lowest BCUT2D eigenvalue weighted by Gasteiger charge is -2.28. The standard InChI is InChI=1S/C65H62N2O19/c1-10-79-58(69)40(5)36-83-61(72)43-14-24-49(25-15-43)66(50-26-16-44(17-27-50)62(73)84-37-41(6)59(70)80-11-2)53-32-22-47(34-56(53)77-8)48-23-33-54(57(35-48)78-9)67(51-28-18-45(19-29-51)63(74)85-38-42(7)60(71)81-12-3)52-30-20-46(21-31-52)64(75)86-39-55(68)65(76)82-13-4/h14-35H,5-7,10-13,36-39H2,1-4,8-9H3. The van der Waals surface area contributed by atoms with E-state index in [2.05, 4.69) is 19.7 Å². The van der Waals surface area contributed by atoms with Crippen molar-refractivity contribution < 1.29 is 90.5 Å². The number of Topliss-reactive ketones (excluding diaryl/α,β-unsaturated/α-hetero) is 1. The Labute approximate surface area is 495 Å². The highest BCUT2D eigenvalue weighted by Crippen LogP contribution is 2.45. The number of ether oxygens (including phenoxy) is 10. The molecular weight excluding hydrogens is 1110 g/mol. The van der Waals surface area contributed by atoms with Crippen molar-refractivity contribution >= 4 is 87.7 Å². The van der Waals surface area contributed by atoms with Crippen molar-refractivity contribution in [1.29, 1.82) is 0 Å². The monoisotopic (exact) mass is 1170 g/mol. The van der Waals surface area contributed by atoms with E-state index in [0.717, 1.165) is 0 Å². The molecule has 446 valence electrons. The van der Waals surface area contributed by atoms with Gasteiger partial charge in [-0.1, -0.05) is 31.9 Å². The minimum absolute atomic E-state index is 0.0315. The number of hydrogen-bond donors (Lipinski definition) is 0. The van der Waals surface area contributed by atoms with Gasteiger partial charge in [0.1, 0.15) is 31.3 Å². The van der Waals surface area contributed by atoms with Crippen LogP contribution in [0.4, 0.5) is 34.1 Å². The molecular formula is C65H62N2O19. The van der Waals surface area contributed by atoms with E-state index < -0.39 is 66.8 Å². The molecule has 0 atom stereocenters. The number of esters is 8. The van der Waals surface area contributed by atoms with Gasteiger partial charge in [-0.2, -0.15) is 0 Å². The van der Waals surface area contributed by atoms with Gasteiger partial charge < -0.3 is 57.2 Å². The molecule has 0 unspecified atom stereocenters. The molecule has 0 spiro atoms. The Hall–Kier alpha value is -10.8. The fourth-order valence-electron chi connectivity index (χ4n) is 7.99. The van der Waals surface area contributed by atoms with E-state index in [-0.39, 0.29) is 78.6 Å². The van der Waals surface area contributed by atoms with Crippen LogP contribution in [0.15, 0.2) is 170 Å². The summed E-state index contributed by atoms with van der Waals surface area (Å²) >= 11 is 0. The first-order chi connectivity index (χ1) is 41.4. The largest absolute Gasteiger partial charge is 0.495 e. The van der Waals surface area contributed by atoms with Crippen LogP contribution in [0.25, 0.3) is 11.1 Å². The van der Waals surface area contributed by atoms with Crippen molar-refractivity contribution in [3.05, 3.63) is 192 Å². The van der Waals surface area contributed by atoms with Gasteiger partial charge in [0.15, 0.2) is 6.61 Å². The Morgan fingerprint density at radius 1 is 0.337 bits per heavy atom. The summed E-state index contributed by atoms with van der Waals surface area (Å²) < 4.78 is 52.8. The maximum atomic E-state index is 13.1. The van der Waals surface area contributed by atoms with Crippen molar-refractivity contribution in [3.63, 3.8) is 0 Å². The quantitative estimate of drug-likeness (QED) is 0.0183. The Kier molecular flexibility index (Phi) is 23.2. The lowest BCUT2D eigenvalue weighted by molar-refractivity contribution is -0.154. The van der Waals surface area contributed by atoms with Crippen LogP contribution in [0.5, 0.6) is 11.5 Å². The molecule has 86 heavy (non-hydrogen) atoms. The third-order valence-corrected chi connectivity index (χ3v) is 12.3. The summed E-state index contributed by atoms with van der Waals surface area (Å²) in [7, 11) is 2.98. The molecule has 6 aromatic rings. The molecule has 0 saturated heterocycles. The minimum Gasteiger partial charge on any atom is -0.495 e. The van der Waals surface area contributed by atoms with Crippen molar-refractivity contribution in [2.45, 2.75) is 27.7 Å². The lowest BCUT2D eigenvalue weighted by Crippen LogP contribution is -2.24. The fraction of sp³-hybridized carbons (Fsp3) is 0.215. The highest BCUT2D eigenvalue weighted by atomic mass is 16.6. The molecule has 0 aliphatic carbocycles. The van der Waals surface area contributed by atoms with Crippen LogP contribution in [-0.4, -0.2) is 121 Å². The maximum Gasteiger partial charge on any atom is 0.378 e. The van der Waals surface area contributed by atoms with Gasteiger partial charge in [0.25, 0.3) is 5.78 Å². The molecule has 0 aliphatic rings. The summed E-state index contributed by atoms with van der Waals surface area (Å²) in [6, 6.07) is 36.2. The number of nitrogens with zero attached hydrogens (tertiary/aromatic N) is 2. The Bertz CT molecular complexity index is 3110. The van der Waals surface area contributed by atoms with E-state index in [1.165, 1.54) is 69.7 Å². The van der Waals surface area contributed by atoms with Crippen molar-refractivity contribution in [3.8, 4) is 22.6 Å². The van der Waals surface area contributed by atoms with Gasteiger partial charge in [-0.25, -0.2) is 38.4 Å². The second-order valence-electron chi connectivity index (χ2n) is 18.1. The topological polar surface area (TPSA) is 252 Å². The number of methoxy groups -OCH3 is 2. The molecule has 0 heterocycles. The molecule has 6 rings (SSSR count). The van der Waals surface area contributed by atoms with Gasteiger partial charge in [0, 0.05) is 22.7 Å². The summed E-state index contributed by atoms with van der Waals surface area (Å²) in [5.74, 6) is -6.54. The Morgan fingerprint density at radius 3 is 0.849 bits per heavy atom. The van der Waals surface area contributed by atoms with Crippen LogP contribution in [0.2, 0.25) is 0 Å². The number of anilines is 6. The van der Waals surface area contributed by atoms with Gasteiger partial charge in [-0.05, 0) is 160 Å². The van der Waals surface area contributed by atoms with E-state index >= 15 is 0 Å². The lowest BCUT2D eigenvalue weighted by atomic mass is 10.0. The number of carbonyl (C=O) groups excluding carboxylic acids is 9. The van der Waals surface area contributed by atoms with Crippen molar-refractivity contribution in [1.82, 2.24) is 0 Å². The molecule has 21 nitrogen and oxygen atoms in total. The second-order valence-corrected chi connectivity index (χ2v) is 18.1. The minimum atomic E-state index is -1.13. The van der Waals surface area contributed by atoms with Crippen LogP contribution < -0.4 is 19.3 Å². The number of benzene rings is 6. The number of ketones is 1. The predicted octanol–water partition coefficient (Wildman–Crippen LogP) is 10.4. The van der Waals surface area contributed by atoms with Gasteiger partial charge in [-0.3, -0.25) is 4.79 Å². The summed E-state index contributed by atoms with van der Waals surface area (Å²) in [5.41, 5.74) is 4.87. The average Bonchev–Trinajstić information content (AvgIpc) is 2.34. The third-order valence-electron chi connectivity index (χ3n) is 12.3. The second kappa shape index (κ2) is 31.0. The predicted molar refractivity (Wildman–Crippen MR) is 314 cm³/mol. The Balaban J connectivity index is 1.36. The van der Waals surface area contributed by atoms with E-state index in [1.807, 2.05) is 23.1 Å². The molecule has 6 aromatic carbocycles. The molecule has 0 N–H and O–H groups in total. The van der Waals surface area contributed by atoms with Crippen molar-refractivity contribution in [2.75, 3.05) is 76.9 Å². The highest BCUT2D eigenvalue weighted by Gasteiger charge is 2.25. The number of hydrogen-bond acceptors (Lipinski definition) is 21. The van der Waals surface area contributed by atoms with Crippen LogP contribution in [0.1, 0.15) is 69.1 Å². The zero-order valence-electron chi connectivity index (χ0n) is 48.1. The molecule has 0 aromatic heterocycles. The van der Waals surface area contributed by atoms with Gasteiger partial charge in [-0.15, -0.1) is 0 Å². The van der Waals surface area contributed by atoms with Crippen LogP contribution in [0.3, 0.4) is 0 Å². The molecule has 0 amide bonds. The summed E-state index contributed by atoms with van der Waals surface area (Å²) in [6.45, 7) is 15.7. The first-order valence-corrected chi connectivity index (χ1v) is 26.7. The summed E-state index contributed by atoms with van der Waals surface area (Å²) in [5, 5.41) is 0. The SMILES string of the molecule is C=C(COC(=O)c1ccc(N(c2ccc(C(=O)OCC(=C)C(=O)OCC)cc2)c2ccc(-c3ccc(N(c4ccc(C(=O)OCC(=C)C(=O)OCC)cc4)c4ccc(C(=O)OCC(=O)C(=O)OCC)cc4)c(OC)c3)cc2OC)cc1)C(=O)OCC. The first-order valence-electron chi connectivity index (χ1n) is 26.7. The fourth-order valence-corrected chi connectivity index (χ4v) is 7.99. The van der Waals surface area contributed by atoms with Crippen molar-refractivity contribution in [2.24, 2.45) is 0 Å². The number of carbonyl (C=O) groups is 9. The molecule has 0 aliphatic heterocycles. The Morgan fingerprint density at radius 2 is 0.593 bits per heavy atom. The van der Waals surface area contributed by atoms with Gasteiger partial charge in [0.05, 0.1) is 91.0 Å². The van der Waals surface area contributed by atoms with E-state index in [4.69, 9.17) is 47.4 Å². The molecule has 0 bridgehead atoms. The van der Waals surface area contributed by atoms with Gasteiger partial charge >= 0.3 is 47.8 Å². The highest BCUT2D eigenvalue weighted by molar-refractivity contribution is 6.34. The zero-order chi connectivity index (χ0) is 62.5. The number of rotatable bonds is 29. The molecule has 0 radical (unpaired) electrons. The third kappa shape index (κ3) is 16.7. The van der Waals surface area contributed by atoms with E-state index in [9.17, 15) is 43.2 Å². The molecule has 0 saturated carbocycles. The normalized spacial score (nSPS) is 10.4. The van der Waals surface area contributed by atoms with Crippen LogP contribution in [-0.2, 0) is 61.9 Å². The van der Waals surface area contributed by atoms with Gasteiger partial charge in [0.2, 0.25) is 0 Å². The molecule has 21 heteroatoms. The zero-order valence-corrected chi connectivity index (χ0v) is 48.1. The first kappa shape index (κ1) is 64.3. The van der Waals surface area contributed by atoms with Crippen LogP contribution >= 0.6 is 0 Å². The maximum absolute atomic E-state index is 13.1. The summed E-state index contributed by atoms with van der Waals surface area (Å²) in [4.78, 5) is 116. The van der Waals surface area contributed by atoms with E-state index in [1.54, 1.807) is 92.4 Å². The van der Waals surface area contributed by atoms with Crippen LogP contribution in [0, 0.1) is 0 Å². The average molecular weight is 1180 g/mol.